The van der Waals surface area contributed by atoms with Crippen LogP contribution < -0.4 is 0 Å². The van der Waals surface area contributed by atoms with E-state index in [-0.39, 0.29) is 0 Å². The van der Waals surface area contributed by atoms with Crippen LogP contribution in [0.3, 0.4) is 0 Å². The Hall–Kier alpha value is -0.820. The largest absolute Gasteiger partial charge is 0.309 e. The van der Waals surface area contributed by atoms with Crippen LogP contribution in [-0.2, 0) is 12.8 Å². The summed E-state index contributed by atoms with van der Waals surface area (Å²) in [7, 11) is 4.32. The second kappa shape index (κ2) is 4.36. The van der Waals surface area contributed by atoms with E-state index in [0.29, 0.717) is 0 Å². The molecule has 0 spiro atoms. The molecule has 1 aliphatic carbocycles. The molecule has 0 N–H and O–H groups in total. The van der Waals surface area contributed by atoms with Crippen LogP contribution in [0.4, 0.5) is 0 Å². The highest BCUT2D eigenvalue weighted by molar-refractivity contribution is 5.35. The van der Waals surface area contributed by atoms with Crippen LogP contribution in [0.5, 0.6) is 0 Å². The van der Waals surface area contributed by atoms with Gasteiger partial charge in [0.05, 0.1) is 0 Å². The van der Waals surface area contributed by atoms with Crippen LogP contribution in [0.25, 0.3) is 0 Å². The highest BCUT2D eigenvalue weighted by Gasteiger charge is 2.20. The van der Waals surface area contributed by atoms with E-state index >= 15 is 0 Å². The van der Waals surface area contributed by atoms with Gasteiger partial charge in [-0.05, 0) is 63.9 Å². The average molecular weight is 203 g/mol. The Morgan fingerprint density at radius 2 is 1.93 bits per heavy atom. The molecule has 0 bridgehead atoms. The van der Waals surface area contributed by atoms with E-state index in [0.717, 1.165) is 5.92 Å². The van der Waals surface area contributed by atoms with Crippen molar-refractivity contribution in [2.45, 2.75) is 26.2 Å². The normalized spacial score (nSPS) is 19.6. The van der Waals surface area contributed by atoms with E-state index in [1.54, 1.807) is 11.1 Å². The lowest BCUT2D eigenvalue weighted by Crippen LogP contribution is -2.16. The number of hydrogen-bond acceptors (Lipinski definition) is 1. The Kier molecular flexibility index (Phi) is 3.11. The van der Waals surface area contributed by atoms with E-state index in [2.05, 4.69) is 44.1 Å². The number of rotatable bonds is 3. The summed E-state index contributed by atoms with van der Waals surface area (Å²) in [5, 5.41) is 0. The summed E-state index contributed by atoms with van der Waals surface area (Å²) in [6.07, 6.45) is 3.93. The van der Waals surface area contributed by atoms with Gasteiger partial charge in [-0.15, -0.1) is 0 Å². The van der Waals surface area contributed by atoms with Crippen LogP contribution in [0.2, 0.25) is 0 Å². The van der Waals surface area contributed by atoms with Gasteiger partial charge in [-0.2, -0.15) is 0 Å². The molecular weight excluding hydrogens is 182 g/mol. The Morgan fingerprint density at radius 1 is 1.20 bits per heavy atom. The Labute approximate surface area is 93.1 Å². The Balaban J connectivity index is 1.97. The molecule has 0 fully saturated rings. The van der Waals surface area contributed by atoms with Crippen LogP contribution in [0.1, 0.15) is 23.1 Å². The molecule has 1 aromatic carbocycles. The first-order valence-corrected chi connectivity index (χ1v) is 5.88. The van der Waals surface area contributed by atoms with Crippen molar-refractivity contribution in [1.82, 2.24) is 4.90 Å². The molecule has 0 aromatic heterocycles. The predicted molar refractivity (Wildman–Crippen MR) is 65.2 cm³/mol. The second-order valence-corrected chi connectivity index (χ2v) is 5.14. The zero-order valence-corrected chi connectivity index (χ0v) is 10.1. The summed E-state index contributed by atoms with van der Waals surface area (Å²) >= 11 is 0. The van der Waals surface area contributed by atoms with E-state index in [9.17, 15) is 0 Å². The third-order valence-electron chi connectivity index (χ3n) is 3.36. The number of benzene rings is 1. The summed E-state index contributed by atoms with van der Waals surface area (Å²) in [5.41, 5.74) is 4.59. The van der Waals surface area contributed by atoms with Crippen molar-refractivity contribution in [1.29, 1.82) is 0 Å². The maximum Gasteiger partial charge on any atom is -0.00220 e. The van der Waals surface area contributed by atoms with Gasteiger partial charge in [0.1, 0.15) is 0 Å². The fourth-order valence-corrected chi connectivity index (χ4v) is 2.48. The molecule has 0 amide bonds. The lowest BCUT2D eigenvalue weighted by molar-refractivity contribution is 0.355. The molecule has 0 saturated heterocycles. The third-order valence-corrected chi connectivity index (χ3v) is 3.36. The summed E-state index contributed by atoms with van der Waals surface area (Å²) in [6.45, 7) is 3.41. The molecule has 2 rings (SSSR count). The summed E-state index contributed by atoms with van der Waals surface area (Å²) < 4.78 is 0. The summed E-state index contributed by atoms with van der Waals surface area (Å²) in [6, 6.07) is 6.93. The maximum atomic E-state index is 2.37. The first kappa shape index (κ1) is 10.7. The zero-order chi connectivity index (χ0) is 10.8. The van der Waals surface area contributed by atoms with Gasteiger partial charge >= 0.3 is 0 Å². The zero-order valence-electron chi connectivity index (χ0n) is 10.1. The minimum absolute atomic E-state index is 0.879. The van der Waals surface area contributed by atoms with Gasteiger partial charge in [0, 0.05) is 0 Å². The fraction of sp³-hybridized carbons (Fsp3) is 0.571. The smallest absolute Gasteiger partial charge is 0.00220 e. The van der Waals surface area contributed by atoms with Gasteiger partial charge in [-0.25, -0.2) is 0 Å². The van der Waals surface area contributed by atoms with E-state index in [1.807, 2.05) is 0 Å². The topological polar surface area (TPSA) is 3.24 Å². The lowest BCUT2D eigenvalue weighted by Gasteiger charge is -2.13. The van der Waals surface area contributed by atoms with Gasteiger partial charge < -0.3 is 4.90 Å². The molecular formula is C14H21N. The Morgan fingerprint density at radius 3 is 2.67 bits per heavy atom. The van der Waals surface area contributed by atoms with Crippen molar-refractivity contribution >= 4 is 0 Å². The molecule has 1 aliphatic rings. The standard InChI is InChI=1S/C14H21N/c1-11-4-5-13-9-12(6-7-15(2)3)10-14(13)8-11/h4-5,8,12H,6-7,9-10H2,1-3H3. The SMILES string of the molecule is Cc1ccc2c(c1)CC(CCN(C)C)C2. The minimum Gasteiger partial charge on any atom is -0.309 e. The van der Waals surface area contributed by atoms with E-state index < -0.39 is 0 Å². The van der Waals surface area contributed by atoms with Gasteiger partial charge in [-0.3, -0.25) is 0 Å². The molecule has 1 unspecified atom stereocenters. The summed E-state index contributed by atoms with van der Waals surface area (Å²) in [5.74, 6) is 0.879. The summed E-state index contributed by atoms with van der Waals surface area (Å²) in [4.78, 5) is 2.29. The molecule has 1 aromatic rings. The maximum absolute atomic E-state index is 2.37. The molecule has 0 aliphatic heterocycles. The molecule has 1 nitrogen and oxygen atoms in total. The molecule has 0 heterocycles. The number of aryl methyl sites for hydroxylation is 1. The minimum atomic E-state index is 0.879. The monoisotopic (exact) mass is 203 g/mol. The highest BCUT2D eigenvalue weighted by Crippen LogP contribution is 2.29. The van der Waals surface area contributed by atoms with Crippen molar-refractivity contribution in [2.24, 2.45) is 5.92 Å². The van der Waals surface area contributed by atoms with Gasteiger partial charge in [0.15, 0.2) is 0 Å². The van der Waals surface area contributed by atoms with Gasteiger partial charge in [-0.1, -0.05) is 23.8 Å². The quantitative estimate of drug-likeness (QED) is 0.730. The molecule has 1 atom stereocenters. The number of hydrogen-bond donors (Lipinski definition) is 0. The highest BCUT2D eigenvalue weighted by atomic mass is 15.0. The van der Waals surface area contributed by atoms with E-state index in [4.69, 9.17) is 0 Å². The Bertz CT molecular complexity index is 341. The van der Waals surface area contributed by atoms with Gasteiger partial charge in [0.2, 0.25) is 0 Å². The molecule has 0 radical (unpaired) electrons. The molecule has 0 saturated carbocycles. The van der Waals surface area contributed by atoms with Crippen LogP contribution >= 0.6 is 0 Å². The van der Waals surface area contributed by atoms with Crippen molar-refractivity contribution in [3.63, 3.8) is 0 Å². The van der Waals surface area contributed by atoms with Crippen LogP contribution in [0.15, 0.2) is 18.2 Å². The van der Waals surface area contributed by atoms with Crippen molar-refractivity contribution in [3.05, 3.63) is 34.9 Å². The van der Waals surface area contributed by atoms with Crippen molar-refractivity contribution < 1.29 is 0 Å². The first-order chi connectivity index (χ1) is 7.15. The lowest BCUT2D eigenvalue weighted by atomic mass is 10.0. The third kappa shape index (κ3) is 2.60. The molecule has 15 heavy (non-hydrogen) atoms. The molecule has 1 heteroatoms. The van der Waals surface area contributed by atoms with Crippen LogP contribution in [-0.4, -0.2) is 25.5 Å². The predicted octanol–water partition coefficient (Wildman–Crippen LogP) is 2.66. The van der Waals surface area contributed by atoms with Crippen molar-refractivity contribution in [3.8, 4) is 0 Å². The number of fused-ring (bicyclic) bond motifs is 1. The molecule has 82 valence electrons. The second-order valence-electron chi connectivity index (χ2n) is 5.14. The number of nitrogens with zero attached hydrogens (tertiary/aromatic N) is 1. The van der Waals surface area contributed by atoms with E-state index in [1.165, 1.54) is 31.4 Å². The van der Waals surface area contributed by atoms with Gasteiger partial charge in [0.25, 0.3) is 0 Å². The van der Waals surface area contributed by atoms with Crippen molar-refractivity contribution in [2.75, 3.05) is 20.6 Å². The average Bonchev–Trinajstić information content (AvgIpc) is 2.56. The van der Waals surface area contributed by atoms with Crippen LogP contribution in [0, 0.1) is 12.8 Å². The first-order valence-electron chi connectivity index (χ1n) is 5.88. The fourth-order valence-electron chi connectivity index (χ4n) is 2.48.